The summed E-state index contributed by atoms with van der Waals surface area (Å²) in [5.74, 6) is -0.426. The number of aromatic nitrogens is 2. The second kappa shape index (κ2) is 6.80. The van der Waals surface area contributed by atoms with Gasteiger partial charge in [0.2, 0.25) is 0 Å². The van der Waals surface area contributed by atoms with Gasteiger partial charge in [-0.1, -0.05) is 0 Å². The third-order valence-corrected chi connectivity index (χ3v) is 3.98. The number of amides is 1. The first-order chi connectivity index (χ1) is 11.1. The number of esters is 1. The molecule has 0 aliphatic carbocycles. The van der Waals surface area contributed by atoms with Crippen LogP contribution in [0.5, 0.6) is 0 Å². The molecule has 2 aromatic heterocycles. The molecule has 0 atom stereocenters. The number of fused-ring (bicyclic) bond motifs is 1. The Morgan fingerprint density at radius 1 is 1.33 bits per heavy atom. The second-order valence-corrected chi connectivity index (χ2v) is 7.07. The van der Waals surface area contributed by atoms with Gasteiger partial charge in [-0.2, -0.15) is 0 Å². The molecule has 2 heterocycles. The maximum Gasteiger partial charge on any atom is 0.410 e. The molecule has 0 saturated heterocycles. The smallest absolute Gasteiger partial charge is 0.410 e. The summed E-state index contributed by atoms with van der Waals surface area (Å²) < 4.78 is 12.4. The molecule has 0 unspecified atom stereocenters. The fourth-order valence-electron chi connectivity index (χ4n) is 2.03. The number of methoxy groups -OCH3 is 1. The number of rotatable bonds is 3. The molecule has 0 spiro atoms. The summed E-state index contributed by atoms with van der Waals surface area (Å²) in [4.78, 5) is 29.6. The Kier molecular flexibility index (Phi) is 5.17. The molecule has 0 N–H and O–H groups in total. The molecule has 0 saturated carbocycles. The SMILES string of the molecule is COC(=O)c1ccc2nc(CN(C)C(=O)OC(C)(C)C)c(Br)n2c1. The first-order valence-corrected chi connectivity index (χ1v) is 8.10. The number of halogens is 1. The monoisotopic (exact) mass is 397 g/mol. The average Bonchev–Trinajstić information content (AvgIpc) is 2.80. The zero-order valence-electron chi connectivity index (χ0n) is 14.3. The highest BCUT2D eigenvalue weighted by Crippen LogP contribution is 2.22. The zero-order chi connectivity index (χ0) is 18.1. The van der Waals surface area contributed by atoms with Gasteiger partial charge in [0.1, 0.15) is 15.9 Å². The highest BCUT2D eigenvalue weighted by molar-refractivity contribution is 9.10. The Hall–Kier alpha value is -2.09. The van der Waals surface area contributed by atoms with Crippen LogP contribution in [0.4, 0.5) is 4.79 Å². The van der Waals surface area contributed by atoms with Crippen LogP contribution in [0.2, 0.25) is 0 Å². The van der Waals surface area contributed by atoms with Crippen LogP contribution < -0.4 is 0 Å². The van der Waals surface area contributed by atoms with E-state index in [4.69, 9.17) is 9.47 Å². The van der Waals surface area contributed by atoms with Gasteiger partial charge in [-0.25, -0.2) is 14.6 Å². The van der Waals surface area contributed by atoms with Crippen LogP contribution in [-0.2, 0) is 16.0 Å². The Labute approximate surface area is 148 Å². The van der Waals surface area contributed by atoms with Crippen LogP contribution in [0.1, 0.15) is 36.8 Å². The van der Waals surface area contributed by atoms with Gasteiger partial charge in [-0.15, -0.1) is 0 Å². The Balaban J connectivity index is 2.25. The van der Waals surface area contributed by atoms with Crippen LogP contribution in [0.3, 0.4) is 0 Å². The molecule has 0 aromatic carbocycles. The normalized spacial score (nSPS) is 11.4. The highest BCUT2D eigenvalue weighted by Gasteiger charge is 2.22. The molecular formula is C16H20BrN3O4. The summed E-state index contributed by atoms with van der Waals surface area (Å²) in [5, 5.41) is 0. The summed E-state index contributed by atoms with van der Waals surface area (Å²) in [5.41, 5.74) is 1.17. The largest absolute Gasteiger partial charge is 0.465 e. The molecular weight excluding hydrogens is 378 g/mol. The van der Waals surface area contributed by atoms with Crippen molar-refractivity contribution in [2.45, 2.75) is 32.9 Å². The van der Waals surface area contributed by atoms with Crippen molar-refractivity contribution in [3.63, 3.8) is 0 Å². The van der Waals surface area contributed by atoms with Crippen molar-refractivity contribution >= 4 is 33.6 Å². The van der Waals surface area contributed by atoms with Gasteiger partial charge in [0.25, 0.3) is 0 Å². The van der Waals surface area contributed by atoms with Crippen molar-refractivity contribution < 1.29 is 19.1 Å². The van der Waals surface area contributed by atoms with Gasteiger partial charge in [0.05, 0.1) is 24.9 Å². The third kappa shape index (κ3) is 4.05. The number of nitrogens with zero attached hydrogens (tertiary/aromatic N) is 3. The van der Waals surface area contributed by atoms with E-state index < -0.39 is 17.7 Å². The summed E-state index contributed by atoms with van der Waals surface area (Å²) in [6.45, 7) is 5.71. The van der Waals surface area contributed by atoms with E-state index in [9.17, 15) is 9.59 Å². The van der Waals surface area contributed by atoms with Gasteiger partial charge >= 0.3 is 12.1 Å². The number of carbonyl (C=O) groups excluding carboxylic acids is 2. The van der Waals surface area contributed by atoms with Gasteiger partial charge in [0, 0.05) is 13.2 Å². The van der Waals surface area contributed by atoms with Crippen molar-refractivity contribution in [3.05, 3.63) is 34.2 Å². The number of hydrogen-bond acceptors (Lipinski definition) is 5. The standard InChI is InChI=1S/C16H20BrN3O4/c1-16(2,3)24-15(22)19(4)9-11-13(17)20-8-10(14(21)23-5)6-7-12(20)18-11/h6-8H,9H2,1-5H3. The van der Waals surface area contributed by atoms with Crippen LogP contribution >= 0.6 is 15.9 Å². The van der Waals surface area contributed by atoms with Crippen molar-refractivity contribution in [1.82, 2.24) is 14.3 Å². The number of carbonyl (C=O) groups is 2. The maximum atomic E-state index is 12.1. The van der Waals surface area contributed by atoms with Crippen LogP contribution in [0.15, 0.2) is 22.9 Å². The third-order valence-electron chi connectivity index (χ3n) is 3.14. The molecule has 0 bridgehead atoms. The molecule has 7 nitrogen and oxygen atoms in total. The minimum absolute atomic E-state index is 0.269. The van der Waals surface area contributed by atoms with Crippen molar-refractivity contribution in [2.75, 3.05) is 14.2 Å². The molecule has 0 radical (unpaired) electrons. The molecule has 1 amide bonds. The van der Waals surface area contributed by atoms with E-state index in [1.165, 1.54) is 12.0 Å². The number of ether oxygens (including phenoxy) is 2. The minimum Gasteiger partial charge on any atom is -0.465 e. The molecule has 2 aromatic rings. The van der Waals surface area contributed by atoms with E-state index in [1.54, 1.807) is 29.8 Å². The number of hydrogen-bond donors (Lipinski definition) is 0. The first kappa shape index (κ1) is 18.3. The highest BCUT2D eigenvalue weighted by atomic mass is 79.9. The van der Waals surface area contributed by atoms with Gasteiger partial charge in [-0.05, 0) is 48.8 Å². The predicted octanol–water partition coefficient (Wildman–Crippen LogP) is 3.25. The maximum absolute atomic E-state index is 12.1. The summed E-state index contributed by atoms with van der Waals surface area (Å²) in [6.07, 6.45) is 1.21. The lowest BCUT2D eigenvalue weighted by Gasteiger charge is -2.24. The van der Waals surface area contributed by atoms with Gasteiger partial charge in [-0.3, -0.25) is 4.40 Å². The molecule has 130 valence electrons. The topological polar surface area (TPSA) is 73.1 Å². The molecule has 0 fully saturated rings. The Morgan fingerprint density at radius 2 is 2.00 bits per heavy atom. The lowest BCUT2D eigenvalue weighted by atomic mass is 10.2. The fraction of sp³-hybridized carbons (Fsp3) is 0.438. The zero-order valence-corrected chi connectivity index (χ0v) is 15.9. The molecule has 2 rings (SSSR count). The van der Waals surface area contributed by atoms with E-state index in [1.807, 2.05) is 20.8 Å². The minimum atomic E-state index is -0.559. The van der Waals surface area contributed by atoms with E-state index >= 15 is 0 Å². The summed E-state index contributed by atoms with van der Waals surface area (Å²) in [6, 6.07) is 3.36. The van der Waals surface area contributed by atoms with E-state index in [0.29, 0.717) is 21.5 Å². The predicted molar refractivity (Wildman–Crippen MR) is 91.9 cm³/mol. The molecule has 8 heteroatoms. The quantitative estimate of drug-likeness (QED) is 0.743. The Bertz CT molecular complexity index is 779. The lowest BCUT2D eigenvalue weighted by molar-refractivity contribution is 0.0283. The van der Waals surface area contributed by atoms with Gasteiger partial charge < -0.3 is 14.4 Å². The lowest BCUT2D eigenvalue weighted by Crippen LogP contribution is -2.33. The molecule has 0 aliphatic rings. The van der Waals surface area contributed by atoms with Gasteiger partial charge in [0.15, 0.2) is 0 Å². The van der Waals surface area contributed by atoms with Crippen LogP contribution in [0.25, 0.3) is 5.65 Å². The van der Waals surface area contributed by atoms with E-state index in [2.05, 4.69) is 20.9 Å². The van der Waals surface area contributed by atoms with Crippen LogP contribution in [-0.4, -0.2) is 46.1 Å². The summed E-state index contributed by atoms with van der Waals surface area (Å²) >= 11 is 3.47. The van der Waals surface area contributed by atoms with Crippen molar-refractivity contribution in [1.29, 1.82) is 0 Å². The second-order valence-electron chi connectivity index (χ2n) is 6.32. The molecule has 0 aliphatic heterocycles. The summed E-state index contributed by atoms with van der Waals surface area (Å²) in [7, 11) is 2.97. The number of imidazole rings is 1. The van der Waals surface area contributed by atoms with Crippen molar-refractivity contribution in [3.8, 4) is 0 Å². The van der Waals surface area contributed by atoms with Crippen LogP contribution in [0, 0.1) is 0 Å². The van der Waals surface area contributed by atoms with Crippen molar-refractivity contribution in [2.24, 2.45) is 0 Å². The molecule has 24 heavy (non-hydrogen) atoms. The number of pyridine rings is 1. The average molecular weight is 398 g/mol. The Morgan fingerprint density at radius 3 is 2.58 bits per heavy atom. The van der Waals surface area contributed by atoms with E-state index in [-0.39, 0.29) is 6.54 Å². The van der Waals surface area contributed by atoms with E-state index in [0.717, 1.165) is 0 Å². The first-order valence-electron chi connectivity index (χ1n) is 7.31. The fourth-order valence-corrected chi connectivity index (χ4v) is 2.53.